The zero-order valence-electron chi connectivity index (χ0n) is 11.4. The molecule has 0 spiro atoms. The molecule has 0 aliphatic carbocycles. The molecule has 0 amide bonds. The fraction of sp³-hybridized carbons (Fsp3) is 0. The lowest BCUT2D eigenvalue weighted by Crippen LogP contribution is -2.27. The molecule has 3 aromatic carbocycles. The molecule has 3 heteroatoms. The summed E-state index contributed by atoms with van der Waals surface area (Å²) in [4.78, 5) is 0. The third kappa shape index (κ3) is 3.43. The standard InChI is InChI=1S/C18H15BrP2/c19-14-11-12-18(17(20)13-14)21(15-7-3-1-4-8-15)16-9-5-2-6-10-16/h1-13H,20H2. The van der Waals surface area contributed by atoms with Crippen LogP contribution in [0.1, 0.15) is 0 Å². The predicted octanol–water partition coefficient (Wildman–Crippen LogP) is 3.71. The number of rotatable bonds is 3. The Labute approximate surface area is 137 Å². The van der Waals surface area contributed by atoms with E-state index in [0.717, 1.165) is 4.47 Å². The minimum Gasteiger partial charge on any atom is -0.105 e. The van der Waals surface area contributed by atoms with E-state index in [1.807, 2.05) is 0 Å². The predicted molar refractivity (Wildman–Crippen MR) is 102 cm³/mol. The second-order valence-corrected chi connectivity index (χ2v) is 8.43. The van der Waals surface area contributed by atoms with Gasteiger partial charge in [0.2, 0.25) is 0 Å². The molecule has 0 aliphatic rings. The van der Waals surface area contributed by atoms with Gasteiger partial charge in [0, 0.05) is 4.47 Å². The summed E-state index contributed by atoms with van der Waals surface area (Å²) < 4.78 is 1.12. The van der Waals surface area contributed by atoms with Gasteiger partial charge in [-0.1, -0.05) is 82.7 Å². The van der Waals surface area contributed by atoms with Crippen LogP contribution >= 0.6 is 33.1 Å². The van der Waals surface area contributed by atoms with E-state index in [9.17, 15) is 0 Å². The summed E-state index contributed by atoms with van der Waals surface area (Å²) in [5.41, 5.74) is 0. The second kappa shape index (κ2) is 6.84. The normalized spacial score (nSPS) is 10.8. The molecule has 21 heavy (non-hydrogen) atoms. The molecule has 0 aliphatic heterocycles. The fourth-order valence-electron chi connectivity index (χ4n) is 2.31. The summed E-state index contributed by atoms with van der Waals surface area (Å²) >= 11 is 3.55. The van der Waals surface area contributed by atoms with Crippen LogP contribution in [-0.4, -0.2) is 0 Å². The average Bonchev–Trinajstić information content (AvgIpc) is 2.52. The van der Waals surface area contributed by atoms with Crippen LogP contribution in [0.2, 0.25) is 0 Å². The summed E-state index contributed by atoms with van der Waals surface area (Å²) in [6, 6.07) is 28.1. The molecule has 3 aromatic rings. The summed E-state index contributed by atoms with van der Waals surface area (Å²) in [7, 11) is 2.36. The molecule has 0 N–H and O–H groups in total. The van der Waals surface area contributed by atoms with Crippen LogP contribution in [0.3, 0.4) is 0 Å². The smallest absolute Gasteiger partial charge is 0.0181 e. The molecule has 3 rings (SSSR count). The maximum absolute atomic E-state index is 3.55. The van der Waals surface area contributed by atoms with Gasteiger partial charge in [-0.3, -0.25) is 0 Å². The lowest BCUT2D eigenvalue weighted by molar-refractivity contribution is 1.73. The number of hydrogen-bond donors (Lipinski definition) is 0. The molecule has 0 nitrogen and oxygen atoms in total. The van der Waals surface area contributed by atoms with Crippen LogP contribution in [-0.2, 0) is 0 Å². The highest BCUT2D eigenvalue weighted by Crippen LogP contribution is 2.32. The van der Waals surface area contributed by atoms with Gasteiger partial charge in [0.15, 0.2) is 0 Å². The van der Waals surface area contributed by atoms with Crippen molar-refractivity contribution < 1.29 is 0 Å². The molecule has 0 heterocycles. The van der Waals surface area contributed by atoms with Gasteiger partial charge in [-0.15, -0.1) is 9.24 Å². The van der Waals surface area contributed by atoms with Gasteiger partial charge in [0.05, 0.1) is 0 Å². The van der Waals surface area contributed by atoms with Gasteiger partial charge in [-0.05, 0) is 41.3 Å². The molecule has 0 saturated heterocycles. The van der Waals surface area contributed by atoms with Crippen molar-refractivity contribution in [3.63, 3.8) is 0 Å². The Morgan fingerprint density at radius 1 is 0.714 bits per heavy atom. The zero-order valence-corrected chi connectivity index (χ0v) is 15.0. The van der Waals surface area contributed by atoms with Crippen LogP contribution in [0.4, 0.5) is 0 Å². The first-order valence-electron chi connectivity index (χ1n) is 6.71. The first kappa shape index (κ1) is 14.9. The van der Waals surface area contributed by atoms with E-state index in [4.69, 9.17) is 0 Å². The van der Waals surface area contributed by atoms with E-state index in [-0.39, 0.29) is 0 Å². The van der Waals surface area contributed by atoms with Gasteiger partial charge < -0.3 is 0 Å². The van der Waals surface area contributed by atoms with Crippen molar-refractivity contribution in [2.45, 2.75) is 0 Å². The molecule has 0 radical (unpaired) electrons. The summed E-state index contributed by atoms with van der Waals surface area (Å²) in [6.07, 6.45) is 0. The summed E-state index contributed by atoms with van der Waals surface area (Å²) in [5, 5.41) is 5.40. The van der Waals surface area contributed by atoms with Crippen molar-refractivity contribution in [2.75, 3.05) is 0 Å². The first-order valence-corrected chi connectivity index (χ1v) is 9.42. The van der Waals surface area contributed by atoms with Crippen LogP contribution in [0, 0.1) is 0 Å². The van der Waals surface area contributed by atoms with E-state index < -0.39 is 7.92 Å². The SMILES string of the molecule is Pc1cc(Br)ccc1P(c1ccccc1)c1ccccc1. The third-order valence-corrected chi connectivity index (χ3v) is 6.99. The lowest BCUT2D eigenvalue weighted by Gasteiger charge is -2.21. The highest BCUT2D eigenvalue weighted by Gasteiger charge is 2.17. The summed E-state index contributed by atoms with van der Waals surface area (Å²) in [5.74, 6) is 0. The Morgan fingerprint density at radius 3 is 1.71 bits per heavy atom. The third-order valence-electron chi connectivity index (χ3n) is 3.26. The van der Waals surface area contributed by atoms with Crippen molar-refractivity contribution in [2.24, 2.45) is 0 Å². The van der Waals surface area contributed by atoms with Gasteiger partial charge in [-0.25, -0.2) is 0 Å². The molecule has 0 fully saturated rings. The first-order chi connectivity index (χ1) is 10.3. The highest BCUT2D eigenvalue weighted by molar-refractivity contribution is 9.10. The minimum absolute atomic E-state index is 0.521. The molecule has 0 saturated carbocycles. The quantitative estimate of drug-likeness (QED) is 0.615. The van der Waals surface area contributed by atoms with Gasteiger partial charge in [0.25, 0.3) is 0 Å². The Hall–Kier alpha value is -1.00. The van der Waals surface area contributed by atoms with Crippen LogP contribution < -0.4 is 21.2 Å². The average molecular weight is 373 g/mol. The highest BCUT2D eigenvalue weighted by atomic mass is 79.9. The van der Waals surface area contributed by atoms with Crippen molar-refractivity contribution in [3.05, 3.63) is 83.3 Å². The number of benzene rings is 3. The van der Waals surface area contributed by atoms with Gasteiger partial charge in [-0.2, -0.15) is 0 Å². The van der Waals surface area contributed by atoms with Crippen LogP contribution in [0.5, 0.6) is 0 Å². The monoisotopic (exact) mass is 372 g/mol. The Kier molecular flexibility index (Phi) is 4.86. The van der Waals surface area contributed by atoms with Crippen molar-refractivity contribution >= 4 is 54.3 Å². The van der Waals surface area contributed by atoms with Gasteiger partial charge in [0.1, 0.15) is 0 Å². The number of hydrogen-bond acceptors (Lipinski definition) is 0. The Morgan fingerprint density at radius 2 is 1.24 bits per heavy atom. The Bertz CT molecular complexity index is 687. The van der Waals surface area contributed by atoms with Crippen molar-refractivity contribution in [1.29, 1.82) is 0 Å². The number of halogens is 1. The molecule has 0 bridgehead atoms. The van der Waals surface area contributed by atoms with E-state index in [1.165, 1.54) is 21.2 Å². The van der Waals surface area contributed by atoms with Crippen molar-refractivity contribution in [3.8, 4) is 0 Å². The minimum atomic E-state index is -0.521. The topological polar surface area (TPSA) is 0 Å². The Balaban J connectivity index is 2.17. The maximum atomic E-state index is 3.55. The van der Waals surface area contributed by atoms with Gasteiger partial charge >= 0.3 is 0 Å². The van der Waals surface area contributed by atoms with E-state index in [0.29, 0.717) is 0 Å². The maximum Gasteiger partial charge on any atom is 0.0181 e. The van der Waals surface area contributed by atoms with E-state index in [2.05, 4.69) is 104 Å². The molecule has 0 aromatic heterocycles. The van der Waals surface area contributed by atoms with Crippen molar-refractivity contribution in [1.82, 2.24) is 0 Å². The zero-order chi connectivity index (χ0) is 14.7. The van der Waals surface area contributed by atoms with E-state index in [1.54, 1.807) is 0 Å². The van der Waals surface area contributed by atoms with Crippen LogP contribution in [0.15, 0.2) is 83.3 Å². The second-order valence-electron chi connectivity index (χ2n) is 4.71. The summed E-state index contributed by atoms with van der Waals surface area (Å²) in [6.45, 7) is 0. The molecular weight excluding hydrogens is 358 g/mol. The molecule has 1 atom stereocenters. The van der Waals surface area contributed by atoms with E-state index >= 15 is 0 Å². The largest absolute Gasteiger partial charge is 0.105 e. The molecular formula is C18H15BrP2. The van der Waals surface area contributed by atoms with Crippen LogP contribution in [0.25, 0.3) is 0 Å². The molecule has 1 unspecified atom stereocenters. The fourth-order valence-corrected chi connectivity index (χ4v) is 5.94. The lowest BCUT2D eigenvalue weighted by atomic mass is 10.3. The molecule has 104 valence electrons.